The molecule has 6 heteroatoms. The Balaban J connectivity index is 1.97. The Bertz CT molecular complexity index is 534. The highest BCUT2D eigenvalue weighted by Gasteiger charge is 2.19. The lowest BCUT2D eigenvalue weighted by Crippen LogP contribution is -2.47. The van der Waals surface area contributed by atoms with Crippen LogP contribution < -0.4 is 4.90 Å². The Kier molecular flexibility index (Phi) is 4.99. The number of benzene rings is 1. The minimum Gasteiger partial charge on any atom is -0.481 e. The molecule has 0 atom stereocenters. The Hall–Kier alpha value is -1.58. The maximum atomic E-state index is 10.6. The van der Waals surface area contributed by atoms with Gasteiger partial charge in [0, 0.05) is 37.2 Å². The molecule has 0 spiro atoms. The van der Waals surface area contributed by atoms with Gasteiger partial charge in [-0.3, -0.25) is 9.69 Å². The number of aliphatic carboxylic acids is 1. The van der Waals surface area contributed by atoms with Gasteiger partial charge in [-0.05, 0) is 18.2 Å². The molecule has 0 aromatic heterocycles. The van der Waals surface area contributed by atoms with Gasteiger partial charge in [0.2, 0.25) is 0 Å². The first-order chi connectivity index (χ1) is 9.60. The minimum absolute atomic E-state index is 0.182. The van der Waals surface area contributed by atoms with Crippen molar-refractivity contribution in [1.29, 1.82) is 5.26 Å². The zero-order valence-corrected chi connectivity index (χ0v) is 12.6. The number of nitriles is 1. The van der Waals surface area contributed by atoms with Crippen molar-refractivity contribution < 1.29 is 9.90 Å². The normalized spacial score (nSPS) is 15.9. The van der Waals surface area contributed by atoms with Gasteiger partial charge in [0.15, 0.2) is 0 Å². The molecule has 0 unspecified atom stereocenters. The lowest BCUT2D eigenvalue weighted by atomic mass is 10.1. The van der Waals surface area contributed by atoms with Crippen LogP contribution in [-0.4, -0.2) is 48.7 Å². The highest BCUT2D eigenvalue weighted by molar-refractivity contribution is 9.10. The van der Waals surface area contributed by atoms with Gasteiger partial charge < -0.3 is 10.0 Å². The second kappa shape index (κ2) is 6.73. The first-order valence-corrected chi connectivity index (χ1v) is 7.28. The number of halogens is 1. The monoisotopic (exact) mass is 337 g/mol. The first-order valence-electron chi connectivity index (χ1n) is 6.49. The van der Waals surface area contributed by atoms with Crippen LogP contribution in [0.15, 0.2) is 22.7 Å². The van der Waals surface area contributed by atoms with E-state index in [0.29, 0.717) is 12.1 Å². The molecule has 0 bridgehead atoms. The van der Waals surface area contributed by atoms with Crippen LogP contribution in [0.3, 0.4) is 0 Å². The quantitative estimate of drug-likeness (QED) is 0.908. The summed E-state index contributed by atoms with van der Waals surface area (Å²) in [4.78, 5) is 14.9. The number of hydrogen-bond donors (Lipinski definition) is 1. The maximum Gasteiger partial charge on any atom is 0.304 e. The average Bonchev–Trinajstić information content (AvgIpc) is 2.45. The second-order valence-electron chi connectivity index (χ2n) is 4.75. The summed E-state index contributed by atoms with van der Waals surface area (Å²) in [7, 11) is 0. The predicted octanol–water partition coefficient (Wildman–Crippen LogP) is 1.92. The molecule has 1 fully saturated rings. The Morgan fingerprint density at radius 3 is 2.65 bits per heavy atom. The van der Waals surface area contributed by atoms with E-state index in [1.165, 1.54) is 0 Å². The molecule has 20 heavy (non-hydrogen) atoms. The van der Waals surface area contributed by atoms with Gasteiger partial charge in [0.05, 0.1) is 17.7 Å². The van der Waals surface area contributed by atoms with Crippen molar-refractivity contribution in [1.82, 2.24) is 4.90 Å². The molecule has 106 valence electrons. The van der Waals surface area contributed by atoms with Gasteiger partial charge >= 0.3 is 5.97 Å². The molecule has 1 aromatic rings. The largest absolute Gasteiger partial charge is 0.481 e. The number of piperazine rings is 1. The first kappa shape index (κ1) is 14.8. The van der Waals surface area contributed by atoms with E-state index in [4.69, 9.17) is 5.11 Å². The number of nitrogens with zero attached hydrogens (tertiary/aromatic N) is 3. The van der Waals surface area contributed by atoms with Crippen molar-refractivity contribution in [3.63, 3.8) is 0 Å². The molecule has 1 N–H and O–H groups in total. The maximum absolute atomic E-state index is 10.6. The van der Waals surface area contributed by atoms with Crippen LogP contribution in [0.25, 0.3) is 0 Å². The number of carbonyl (C=O) groups is 1. The summed E-state index contributed by atoms with van der Waals surface area (Å²) >= 11 is 3.37. The molecule has 0 aliphatic carbocycles. The smallest absolute Gasteiger partial charge is 0.304 e. The molecule has 0 amide bonds. The fraction of sp³-hybridized carbons (Fsp3) is 0.429. The fourth-order valence-electron chi connectivity index (χ4n) is 2.34. The number of hydrogen-bond acceptors (Lipinski definition) is 4. The molecule has 1 aliphatic rings. The van der Waals surface area contributed by atoms with E-state index in [0.717, 1.165) is 36.3 Å². The molecular formula is C14H16BrN3O2. The topological polar surface area (TPSA) is 67.6 Å². The van der Waals surface area contributed by atoms with Gasteiger partial charge in [-0.1, -0.05) is 15.9 Å². The van der Waals surface area contributed by atoms with Crippen molar-refractivity contribution in [2.45, 2.75) is 6.42 Å². The fourth-order valence-corrected chi connectivity index (χ4v) is 2.70. The second-order valence-corrected chi connectivity index (χ2v) is 5.66. The number of rotatable bonds is 4. The summed E-state index contributed by atoms with van der Waals surface area (Å²) in [6, 6.07) is 7.94. The zero-order chi connectivity index (χ0) is 14.5. The van der Waals surface area contributed by atoms with E-state index in [-0.39, 0.29) is 6.42 Å². The summed E-state index contributed by atoms with van der Waals surface area (Å²) < 4.78 is 0.901. The molecule has 2 rings (SSSR count). The van der Waals surface area contributed by atoms with Crippen LogP contribution in [0.5, 0.6) is 0 Å². The average molecular weight is 338 g/mol. The highest BCUT2D eigenvalue weighted by atomic mass is 79.9. The van der Waals surface area contributed by atoms with Crippen molar-refractivity contribution in [3.8, 4) is 6.07 Å². The van der Waals surface area contributed by atoms with Crippen molar-refractivity contribution in [2.24, 2.45) is 0 Å². The molecular weight excluding hydrogens is 322 g/mol. The lowest BCUT2D eigenvalue weighted by Gasteiger charge is -2.36. The van der Waals surface area contributed by atoms with E-state index in [9.17, 15) is 10.1 Å². The van der Waals surface area contributed by atoms with Crippen LogP contribution in [0.4, 0.5) is 5.69 Å². The summed E-state index contributed by atoms with van der Waals surface area (Å²) in [5.74, 6) is -0.757. The van der Waals surface area contributed by atoms with E-state index in [2.05, 4.69) is 31.8 Å². The van der Waals surface area contributed by atoms with Crippen LogP contribution in [0.1, 0.15) is 12.0 Å². The van der Waals surface area contributed by atoms with Crippen molar-refractivity contribution in [2.75, 3.05) is 37.6 Å². The van der Waals surface area contributed by atoms with E-state index in [1.54, 1.807) is 0 Å². The minimum atomic E-state index is -0.757. The van der Waals surface area contributed by atoms with Gasteiger partial charge in [0.25, 0.3) is 0 Å². The van der Waals surface area contributed by atoms with Crippen LogP contribution in [0, 0.1) is 11.3 Å². The Labute approximate surface area is 126 Å². The van der Waals surface area contributed by atoms with Crippen molar-refractivity contribution in [3.05, 3.63) is 28.2 Å². The lowest BCUT2D eigenvalue weighted by molar-refractivity contribution is -0.137. The summed E-state index contributed by atoms with van der Waals surface area (Å²) in [6.07, 6.45) is 0.182. The number of carboxylic acid groups (broad SMARTS) is 1. The molecule has 1 aliphatic heterocycles. The Morgan fingerprint density at radius 2 is 2.05 bits per heavy atom. The van der Waals surface area contributed by atoms with Gasteiger partial charge in [0.1, 0.15) is 6.07 Å². The molecule has 1 heterocycles. The van der Waals surface area contributed by atoms with Crippen LogP contribution in [0.2, 0.25) is 0 Å². The van der Waals surface area contributed by atoms with Gasteiger partial charge in [-0.25, -0.2) is 0 Å². The molecule has 1 saturated heterocycles. The SMILES string of the molecule is N#Cc1cc(Br)ccc1N1CCN(CCC(=O)O)CC1. The van der Waals surface area contributed by atoms with Crippen molar-refractivity contribution >= 4 is 27.6 Å². The Morgan fingerprint density at radius 1 is 1.35 bits per heavy atom. The predicted molar refractivity (Wildman–Crippen MR) is 79.8 cm³/mol. The summed E-state index contributed by atoms with van der Waals surface area (Å²) in [5.41, 5.74) is 1.62. The van der Waals surface area contributed by atoms with E-state index < -0.39 is 5.97 Å². The van der Waals surface area contributed by atoms with Gasteiger partial charge in [-0.2, -0.15) is 5.26 Å². The third-order valence-electron chi connectivity index (χ3n) is 3.43. The zero-order valence-electron chi connectivity index (χ0n) is 11.0. The molecule has 1 aromatic carbocycles. The number of anilines is 1. The van der Waals surface area contributed by atoms with Crippen LogP contribution in [-0.2, 0) is 4.79 Å². The van der Waals surface area contributed by atoms with E-state index in [1.807, 2.05) is 18.2 Å². The third kappa shape index (κ3) is 3.71. The van der Waals surface area contributed by atoms with Gasteiger partial charge in [-0.15, -0.1) is 0 Å². The molecule has 0 radical (unpaired) electrons. The number of carboxylic acids is 1. The summed E-state index contributed by atoms with van der Waals surface area (Å²) in [5, 5.41) is 17.9. The van der Waals surface area contributed by atoms with E-state index >= 15 is 0 Å². The standard InChI is InChI=1S/C14H16BrN3O2/c15-12-1-2-13(11(9-12)10-16)18-7-5-17(6-8-18)4-3-14(19)20/h1-2,9H,3-8H2,(H,19,20). The third-order valence-corrected chi connectivity index (χ3v) is 3.93. The molecule has 0 saturated carbocycles. The summed E-state index contributed by atoms with van der Waals surface area (Å²) in [6.45, 7) is 3.88. The highest BCUT2D eigenvalue weighted by Crippen LogP contribution is 2.25. The van der Waals surface area contributed by atoms with Crippen LogP contribution >= 0.6 is 15.9 Å². The molecule has 5 nitrogen and oxygen atoms in total.